The van der Waals surface area contributed by atoms with Gasteiger partial charge in [-0.15, -0.1) is 0 Å². The Kier molecular flexibility index (Phi) is 2.28. The Morgan fingerprint density at radius 3 is 2.91 bits per heavy atom. The van der Waals surface area contributed by atoms with Crippen LogP contribution in [-0.4, -0.2) is 14.3 Å². The molecule has 0 aromatic carbocycles. The lowest BCUT2D eigenvalue weighted by Crippen LogP contribution is -2.22. The number of hydrogen-bond donors (Lipinski definition) is 0. The molecule has 0 aliphatic rings. The second kappa shape index (κ2) is 3.04. The zero-order valence-corrected chi connectivity index (χ0v) is 7.71. The third-order valence-electron chi connectivity index (χ3n) is 1.21. The molecule has 0 amide bonds. The van der Waals surface area contributed by atoms with Gasteiger partial charge in [0.2, 0.25) is 0 Å². The molecular formula is C6H8BrN3O. The number of allylic oxidation sites excluding steroid dienone is 1. The first-order chi connectivity index (χ1) is 5.11. The lowest BCUT2D eigenvalue weighted by molar-refractivity contribution is 0.656. The lowest BCUT2D eigenvalue weighted by Gasteiger charge is -1.94. The van der Waals surface area contributed by atoms with Crippen molar-refractivity contribution in [3.63, 3.8) is 0 Å². The van der Waals surface area contributed by atoms with E-state index in [1.54, 1.807) is 7.05 Å². The fourth-order valence-electron chi connectivity index (χ4n) is 0.692. The monoisotopic (exact) mass is 217 g/mol. The van der Waals surface area contributed by atoms with Crippen molar-refractivity contribution in [2.45, 2.75) is 6.54 Å². The van der Waals surface area contributed by atoms with Crippen molar-refractivity contribution in [2.24, 2.45) is 7.05 Å². The van der Waals surface area contributed by atoms with Gasteiger partial charge < -0.3 is 0 Å². The maximum absolute atomic E-state index is 11.1. The molecule has 60 valence electrons. The van der Waals surface area contributed by atoms with Crippen LogP contribution in [0.15, 0.2) is 22.2 Å². The van der Waals surface area contributed by atoms with Crippen LogP contribution in [0.5, 0.6) is 0 Å². The van der Waals surface area contributed by atoms with Gasteiger partial charge in [0.1, 0.15) is 6.33 Å². The van der Waals surface area contributed by atoms with E-state index in [9.17, 15) is 4.79 Å². The number of rotatable bonds is 2. The van der Waals surface area contributed by atoms with Gasteiger partial charge in [-0.05, 0) is 0 Å². The highest BCUT2D eigenvalue weighted by molar-refractivity contribution is 9.11. The van der Waals surface area contributed by atoms with Gasteiger partial charge in [-0.3, -0.25) is 4.57 Å². The smallest absolute Gasteiger partial charge is 0.285 e. The van der Waals surface area contributed by atoms with E-state index in [4.69, 9.17) is 0 Å². The maximum atomic E-state index is 11.1. The van der Waals surface area contributed by atoms with E-state index in [0.717, 1.165) is 4.48 Å². The minimum absolute atomic E-state index is 0.134. The Morgan fingerprint density at radius 2 is 2.55 bits per heavy atom. The zero-order chi connectivity index (χ0) is 8.43. The van der Waals surface area contributed by atoms with Crippen LogP contribution in [0.2, 0.25) is 0 Å². The van der Waals surface area contributed by atoms with Gasteiger partial charge in [0, 0.05) is 11.5 Å². The topological polar surface area (TPSA) is 39.8 Å². The molecule has 0 atom stereocenters. The maximum Gasteiger partial charge on any atom is 0.345 e. The Labute approximate surface area is 72.3 Å². The molecule has 11 heavy (non-hydrogen) atoms. The molecule has 0 aliphatic carbocycles. The lowest BCUT2D eigenvalue weighted by atomic mass is 10.6. The van der Waals surface area contributed by atoms with E-state index in [0.29, 0.717) is 6.54 Å². The van der Waals surface area contributed by atoms with Crippen LogP contribution in [0.25, 0.3) is 0 Å². The van der Waals surface area contributed by atoms with Crippen molar-refractivity contribution in [1.82, 2.24) is 14.3 Å². The van der Waals surface area contributed by atoms with E-state index in [1.807, 2.05) is 0 Å². The van der Waals surface area contributed by atoms with Gasteiger partial charge in [0.25, 0.3) is 0 Å². The quantitative estimate of drug-likeness (QED) is 0.724. The van der Waals surface area contributed by atoms with Crippen molar-refractivity contribution < 1.29 is 0 Å². The third kappa shape index (κ3) is 1.80. The van der Waals surface area contributed by atoms with Crippen LogP contribution in [0.4, 0.5) is 0 Å². The first-order valence-corrected chi connectivity index (χ1v) is 3.82. The Bertz CT molecular complexity index is 325. The molecule has 0 unspecified atom stereocenters. The molecular weight excluding hydrogens is 210 g/mol. The fraction of sp³-hybridized carbons (Fsp3) is 0.333. The molecule has 1 aromatic heterocycles. The SMILES string of the molecule is C=C(Br)Cn1ncn(C)c1=O. The summed E-state index contributed by atoms with van der Waals surface area (Å²) in [6.45, 7) is 4.02. The molecule has 0 bridgehead atoms. The van der Waals surface area contributed by atoms with E-state index >= 15 is 0 Å². The molecule has 1 heterocycles. The molecule has 0 N–H and O–H groups in total. The molecule has 1 rings (SSSR count). The molecule has 5 heteroatoms. The summed E-state index contributed by atoms with van der Waals surface area (Å²) in [5.41, 5.74) is -0.134. The number of aryl methyl sites for hydroxylation is 1. The Hall–Kier alpha value is -0.840. The van der Waals surface area contributed by atoms with Crippen LogP contribution < -0.4 is 5.69 Å². The average Bonchev–Trinajstić information content (AvgIpc) is 2.18. The summed E-state index contributed by atoms with van der Waals surface area (Å²) >= 11 is 3.15. The van der Waals surface area contributed by atoms with Crippen LogP contribution in [0, 0.1) is 0 Å². The van der Waals surface area contributed by atoms with Crippen molar-refractivity contribution in [3.8, 4) is 0 Å². The van der Waals surface area contributed by atoms with Gasteiger partial charge in [0.05, 0.1) is 6.54 Å². The Balaban J connectivity index is 2.97. The highest BCUT2D eigenvalue weighted by atomic mass is 79.9. The summed E-state index contributed by atoms with van der Waals surface area (Å²) in [5, 5.41) is 3.83. The van der Waals surface area contributed by atoms with Crippen molar-refractivity contribution >= 4 is 15.9 Å². The first kappa shape index (κ1) is 8.26. The van der Waals surface area contributed by atoms with Crippen molar-refractivity contribution in [3.05, 3.63) is 27.9 Å². The highest BCUT2D eigenvalue weighted by Gasteiger charge is 2.00. The van der Waals surface area contributed by atoms with Crippen LogP contribution in [0.3, 0.4) is 0 Å². The largest absolute Gasteiger partial charge is 0.345 e. The molecule has 0 saturated carbocycles. The normalized spacial score (nSPS) is 10.0. The average molecular weight is 218 g/mol. The fourth-order valence-corrected chi connectivity index (χ4v) is 0.929. The summed E-state index contributed by atoms with van der Waals surface area (Å²) in [7, 11) is 1.66. The van der Waals surface area contributed by atoms with Gasteiger partial charge in [-0.2, -0.15) is 5.10 Å². The minimum Gasteiger partial charge on any atom is -0.285 e. The van der Waals surface area contributed by atoms with E-state index in [2.05, 4.69) is 27.6 Å². The second-order valence-corrected chi connectivity index (χ2v) is 3.32. The summed E-state index contributed by atoms with van der Waals surface area (Å²) in [6, 6.07) is 0. The summed E-state index contributed by atoms with van der Waals surface area (Å²) in [6.07, 6.45) is 1.47. The zero-order valence-electron chi connectivity index (χ0n) is 6.12. The van der Waals surface area contributed by atoms with Crippen molar-refractivity contribution in [1.29, 1.82) is 0 Å². The minimum atomic E-state index is -0.134. The predicted molar refractivity (Wildman–Crippen MR) is 45.5 cm³/mol. The molecule has 0 radical (unpaired) electrons. The van der Waals surface area contributed by atoms with Crippen LogP contribution in [-0.2, 0) is 13.6 Å². The number of hydrogen-bond acceptors (Lipinski definition) is 2. The standard InChI is InChI=1S/C6H8BrN3O/c1-5(7)3-10-6(11)9(2)4-8-10/h4H,1,3H2,2H3. The third-order valence-corrected chi connectivity index (χ3v) is 1.46. The van der Waals surface area contributed by atoms with E-state index < -0.39 is 0 Å². The first-order valence-electron chi connectivity index (χ1n) is 3.03. The van der Waals surface area contributed by atoms with E-state index in [-0.39, 0.29) is 5.69 Å². The molecule has 0 saturated heterocycles. The number of halogens is 1. The van der Waals surface area contributed by atoms with Crippen molar-refractivity contribution in [2.75, 3.05) is 0 Å². The summed E-state index contributed by atoms with van der Waals surface area (Å²) in [4.78, 5) is 11.1. The van der Waals surface area contributed by atoms with Crippen LogP contribution in [0.1, 0.15) is 0 Å². The van der Waals surface area contributed by atoms with Gasteiger partial charge in [-0.1, -0.05) is 22.5 Å². The molecule has 4 nitrogen and oxygen atoms in total. The summed E-state index contributed by atoms with van der Waals surface area (Å²) in [5.74, 6) is 0. The molecule has 1 aromatic rings. The number of aromatic nitrogens is 3. The summed E-state index contributed by atoms with van der Waals surface area (Å²) < 4.78 is 3.48. The van der Waals surface area contributed by atoms with Gasteiger partial charge in [-0.25, -0.2) is 9.48 Å². The molecule has 0 spiro atoms. The highest BCUT2D eigenvalue weighted by Crippen LogP contribution is 2.00. The van der Waals surface area contributed by atoms with Crippen LogP contribution >= 0.6 is 15.9 Å². The second-order valence-electron chi connectivity index (χ2n) is 2.20. The molecule has 0 aliphatic heterocycles. The van der Waals surface area contributed by atoms with E-state index in [1.165, 1.54) is 15.6 Å². The van der Waals surface area contributed by atoms with Gasteiger partial charge in [0.15, 0.2) is 0 Å². The molecule has 0 fully saturated rings. The number of nitrogens with zero attached hydrogens (tertiary/aromatic N) is 3. The van der Waals surface area contributed by atoms with Gasteiger partial charge >= 0.3 is 5.69 Å². The predicted octanol–water partition coefficient (Wildman–Crippen LogP) is 0.490. The Morgan fingerprint density at radius 1 is 1.91 bits per heavy atom.